The van der Waals surface area contributed by atoms with Crippen LogP contribution in [0.5, 0.6) is 0 Å². The highest BCUT2D eigenvalue weighted by atomic mass is 35.5. The monoisotopic (exact) mass is 408 g/mol. The van der Waals surface area contributed by atoms with E-state index in [4.69, 9.17) is 30.5 Å². The van der Waals surface area contributed by atoms with Gasteiger partial charge in [-0.2, -0.15) is 0 Å². The number of carbonyl (C=O) groups is 2. The van der Waals surface area contributed by atoms with Crippen molar-refractivity contribution in [2.24, 2.45) is 0 Å². The predicted molar refractivity (Wildman–Crippen MR) is 109 cm³/mol. The van der Waals surface area contributed by atoms with Gasteiger partial charge in [-0.15, -0.1) is 0 Å². The lowest BCUT2D eigenvalue weighted by Gasteiger charge is -2.32. The minimum atomic E-state index is -0.520. The highest BCUT2D eigenvalue weighted by Gasteiger charge is 2.51. The molecule has 1 aromatic heterocycles. The summed E-state index contributed by atoms with van der Waals surface area (Å²) in [5, 5.41) is 3.45. The van der Waals surface area contributed by atoms with Gasteiger partial charge < -0.3 is 24.2 Å². The van der Waals surface area contributed by atoms with Gasteiger partial charge in [0.05, 0.1) is 16.9 Å². The lowest BCUT2D eigenvalue weighted by Crippen LogP contribution is -2.41. The highest BCUT2D eigenvalue weighted by Crippen LogP contribution is 2.36. The first-order chi connectivity index (χ1) is 13.2. The largest absolute Gasteiger partial charge is 0.496 e. The maximum absolute atomic E-state index is 13.0. The number of hydrogen-bond acceptors (Lipinski definition) is 6. The molecule has 150 valence electrons. The van der Waals surface area contributed by atoms with E-state index in [0.29, 0.717) is 16.5 Å². The molecule has 0 atom stereocenters. The fourth-order valence-electron chi connectivity index (χ4n) is 2.35. The van der Waals surface area contributed by atoms with E-state index >= 15 is 0 Å². The van der Waals surface area contributed by atoms with E-state index in [2.05, 4.69) is 10.3 Å². The zero-order chi connectivity index (χ0) is 21.5. The number of hydrogen-bond donors (Lipinski definition) is 1. The Bertz CT molecular complexity index is 772. The lowest BCUT2D eigenvalue weighted by atomic mass is 9.80. The van der Waals surface area contributed by atoms with Crippen molar-refractivity contribution >= 4 is 49.1 Å². The molecule has 1 N–H and O–H groups in total. The summed E-state index contributed by atoms with van der Waals surface area (Å²) in [5.74, 6) is -0.296. The summed E-state index contributed by atoms with van der Waals surface area (Å²) in [7, 11) is -0.520. The fraction of sp³-hybridized carbons (Fsp3) is 0.316. The van der Waals surface area contributed by atoms with Gasteiger partial charge in [0.1, 0.15) is 19.4 Å². The van der Waals surface area contributed by atoms with Crippen LogP contribution in [0.3, 0.4) is 0 Å². The van der Waals surface area contributed by atoms with Crippen LogP contribution in [-0.4, -0.2) is 36.9 Å². The molecule has 1 aliphatic heterocycles. The second kappa shape index (κ2) is 9.77. The molecule has 0 spiro atoms. The van der Waals surface area contributed by atoms with Crippen LogP contribution in [0.4, 0.5) is 15.8 Å². The van der Waals surface area contributed by atoms with Gasteiger partial charge in [0.25, 0.3) is 0 Å². The maximum Gasteiger partial charge on any atom is 0.496 e. The quantitative estimate of drug-likeness (QED) is 0.618. The van der Waals surface area contributed by atoms with Crippen molar-refractivity contribution in [1.82, 2.24) is 4.98 Å². The Balaban J connectivity index is 0.000000921. The smallest absolute Gasteiger partial charge is 0.399 e. The van der Waals surface area contributed by atoms with Crippen molar-refractivity contribution in [2.75, 3.05) is 5.32 Å². The Morgan fingerprint density at radius 3 is 2.04 bits per heavy atom. The number of rotatable bonds is 3. The molecule has 1 fully saturated rings. The van der Waals surface area contributed by atoms with Crippen LogP contribution in [0.25, 0.3) is 0 Å². The SMILES string of the molecule is C=O.C=O.CC1(C)OB(c2cnc(Cl)c(Nc3ccc(F)cc3)c2)OC1(C)C. The van der Waals surface area contributed by atoms with Gasteiger partial charge in [0.15, 0.2) is 5.15 Å². The summed E-state index contributed by atoms with van der Waals surface area (Å²) >= 11 is 6.17. The molecule has 0 radical (unpaired) electrons. The summed E-state index contributed by atoms with van der Waals surface area (Å²) in [5.41, 5.74) is 1.23. The molecule has 1 aliphatic rings. The summed E-state index contributed by atoms with van der Waals surface area (Å²) in [4.78, 5) is 20.2. The number of pyridine rings is 1. The van der Waals surface area contributed by atoms with Gasteiger partial charge in [0, 0.05) is 17.3 Å². The average Bonchev–Trinajstić information content (AvgIpc) is 2.89. The van der Waals surface area contributed by atoms with E-state index in [-0.39, 0.29) is 5.82 Å². The van der Waals surface area contributed by atoms with Gasteiger partial charge in [-0.1, -0.05) is 11.6 Å². The molecular weight excluding hydrogens is 385 g/mol. The summed E-state index contributed by atoms with van der Waals surface area (Å²) in [6, 6.07) is 7.85. The Morgan fingerprint density at radius 2 is 1.54 bits per heavy atom. The maximum atomic E-state index is 13.0. The third kappa shape index (κ3) is 5.37. The van der Waals surface area contributed by atoms with Crippen molar-refractivity contribution in [2.45, 2.75) is 38.9 Å². The number of nitrogens with one attached hydrogen (secondary N) is 1. The Kier molecular flexibility index (Phi) is 8.29. The summed E-state index contributed by atoms with van der Waals surface area (Å²) in [6.07, 6.45) is 1.64. The van der Waals surface area contributed by atoms with Crippen molar-refractivity contribution in [3.63, 3.8) is 0 Å². The molecule has 0 saturated carbocycles. The van der Waals surface area contributed by atoms with E-state index in [1.807, 2.05) is 47.3 Å². The Labute approximate surface area is 169 Å². The van der Waals surface area contributed by atoms with Gasteiger partial charge in [-0.25, -0.2) is 9.37 Å². The van der Waals surface area contributed by atoms with E-state index in [9.17, 15) is 4.39 Å². The van der Waals surface area contributed by atoms with Crippen molar-refractivity contribution in [3.8, 4) is 0 Å². The van der Waals surface area contributed by atoms with Crippen LogP contribution in [-0.2, 0) is 18.9 Å². The van der Waals surface area contributed by atoms with Gasteiger partial charge in [0.2, 0.25) is 0 Å². The van der Waals surface area contributed by atoms with Gasteiger partial charge in [-0.05, 0) is 58.0 Å². The minimum Gasteiger partial charge on any atom is -0.399 e. The van der Waals surface area contributed by atoms with Gasteiger partial charge >= 0.3 is 7.12 Å². The number of benzene rings is 1. The summed E-state index contributed by atoms with van der Waals surface area (Å²) < 4.78 is 25.1. The second-order valence-corrected chi connectivity index (χ2v) is 7.19. The average molecular weight is 409 g/mol. The fourth-order valence-corrected chi connectivity index (χ4v) is 2.50. The number of aromatic nitrogens is 1. The second-order valence-electron chi connectivity index (χ2n) is 6.83. The standard InChI is InChI=1S/C17H19BClFN2O2.2CH2O/c1-16(2)17(3,4)24-18(23-16)11-9-14(15(19)21-10-11)22-13-7-5-12(20)6-8-13;2*1-2/h5-10,22H,1-4H3;2*1H2. The van der Waals surface area contributed by atoms with Crippen LogP contribution in [0.15, 0.2) is 36.5 Å². The third-order valence-electron chi connectivity index (χ3n) is 4.51. The molecule has 2 aromatic rings. The predicted octanol–water partition coefficient (Wildman–Crippen LogP) is 3.55. The van der Waals surface area contributed by atoms with E-state index in [0.717, 1.165) is 5.46 Å². The summed E-state index contributed by atoms with van der Waals surface area (Å²) in [6.45, 7) is 12.0. The molecule has 0 unspecified atom stereocenters. The Morgan fingerprint density at radius 1 is 1.04 bits per heavy atom. The van der Waals surface area contributed by atoms with Crippen molar-refractivity contribution in [1.29, 1.82) is 0 Å². The van der Waals surface area contributed by atoms with E-state index in [1.54, 1.807) is 18.3 Å². The van der Waals surface area contributed by atoms with E-state index in [1.165, 1.54) is 12.1 Å². The molecule has 0 bridgehead atoms. The van der Waals surface area contributed by atoms with Crippen LogP contribution in [0.1, 0.15) is 27.7 Å². The van der Waals surface area contributed by atoms with Crippen LogP contribution in [0, 0.1) is 5.82 Å². The van der Waals surface area contributed by atoms with Gasteiger partial charge in [-0.3, -0.25) is 0 Å². The Hall–Kier alpha value is -2.29. The van der Waals surface area contributed by atoms with Crippen LogP contribution < -0.4 is 10.8 Å². The molecule has 9 heteroatoms. The highest BCUT2D eigenvalue weighted by molar-refractivity contribution is 6.62. The van der Waals surface area contributed by atoms with Crippen LogP contribution in [0.2, 0.25) is 5.15 Å². The topological polar surface area (TPSA) is 77.5 Å². The zero-order valence-electron chi connectivity index (χ0n) is 16.3. The molecule has 28 heavy (non-hydrogen) atoms. The molecule has 1 aromatic carbocycles. The molecule has 1 saturated heterocycles. The normalized spacial score (nSPS) is 16.3. The van der Waals surface area contributed by atoms with Crippen molar-refractivity contribution in [3.05, 3.63) is 47.5 Å². The molecular formula is C19H23BClFN2O4. The molecule has 0 aliphatic carbocycles. The first-order valence-corrected chi connectivity index (χ1v) is 8.67. The first kappa shape index (κ1) is 23.8. The molecule has 6 nitrogen and oxygen atoms in total. The van der Waals surface area contributed by atoms with Crippen molar-refractivity contribution < 1.29 is 23.3 Å². The molecule has 2 heterocycles. The minimum absolute atomic E-state index is 0.296. The molecule has 0 amide bonds. The zero-order valence-corrected chi connectivity index (χ0v) is 17.0. The number of nitrogens with zero attached hydrogens (tertiary/aromatic N) is 1. The molecule has 3 rings (SSSR count). The van der Waals surface area contributed by atoms with Crippen LogP contribution >= 0.6 is 11.6 Å². The third-order valence-corrected chi connectivity index (χ3v) is 4.81. The first-order valence-electron chi connectivity index (χ1n) is 8.29. The van der Waals surface area contributed by atoms with E-state index < -0.39 is 18.3 Å². The lowest BCUT2D eigenvalue weighted by molar-refractivity contribution is -0.0987. The number of carbonyl (C=O) groups excluding carboxylic acids is 2. The number of anilines is 2. The number of halogens is 2.